The van der Waals surface area contributed by atoms with E-state index in [0.29, 0.717) is 24.8 Å². The summed E-state index contributed by atoms with van der Waals surface area (Å²) in [5.74, 6) is -0.378. The number of hydrogen-bond acceptors (Lipinski definition) is 3. The van der Waals surface area contributed by atoms with Crippen molar-refractivity contribution in [1.82, 2.24) is 5.32 Å². The molecule has 0 aliphatic rings. The van der Waals surface area contributed by atoms with Gasteiger partial charge in [-0.1, -0.05) is 13.8 Å². The summed E-state index contributed by atoms with van der Waals surface area (Å²) in [7, 11) is 0. The first kappa shape index (κ1) is 16.4. The van der Waals surface area contributed by atoms with E-state index in [2.05, 4.69) is 24.5 Å². The third kappa shape index (κ3) is 6.02. The van der Waals surface area contributed by atoms with Gasteiger partial charge in [-0.15, -0.1) is 0 Å². The summed E-state index contributed by atoms with van der Waals surface area (Å²) in [6, 6.07) is 4.85. The lowest BCUT2D eigenvalue weighted by Crippen LogP contribution is -2.24. The van der Waals surface area contributed by atoms with Gasteiger partial charge in [0.15, 0.2) is 11.6 Å². The third-order valence-electron chi connectivity index (χ3n) is 2.65. The van der Waals surface area contributed by atoms with Crippen molar-refractivity contribution in [3.63, 3.8) is 0 Å². The molecule has 0 spiro atoms. The zero-order valence-corrected chi connectivity index (χ0v) is 12.3. The van der Waals surface area contributed by atoms with Gasteiger partial charge in [0.25, 0.3) is 0 Å². The summed E-state index contributed by atoms with van der Waals surface area (Å²) in [6.45, 7) is 7.11. The van der Waals surface area contributed by atoms with Gasteiger partial charge in [0.05, 0.1) is 6.61 Å². The summed E-state index contributed by atoms with van der Waals surface area (Å²) >= 11 is 0. The molecule has 0 atom stereocenters. The van der Waals surface area contributed by atoms with Crippen LogP contribution in [-0.2, 0) is 4.79 Å². The fourth-order valence-corrected chi connectivity index (χ4v) is 1.71. The van der Waals surface area contributed by atoms with Crippen molar-refractivity contribution in [2.75, 3.05) is 18.5 Å². The minimum Gasteiger partial charge on any atom is -0.491 e. The van der Waals surface area contributed by atoms with Crippen LogP contribution in [0.2, 0.25) is 0 Å². The Morgan fingerprint density at radius 2 is 2.15 bits per heavy atom. The molecule has 1 aromatic rings. The second-order valence-corrected chi connectivity index (χ2v) is 4.84. The van der Waals surface area contributed by atoms with E-state index in [1.165, 1.54) is 12.1 Å². The van der Waals surface area contributed by atoms with Crippen LogP contribution >= 0.6 is 0 Å². The number of ether oxygens (including phenoxy) is 1. The van der Waals surface area contributed by atoms with Crippen molar-refractivity contribution in [3.05, 3.63) is 24.0 Å². The van der Waals surface area contributed by atoms with Gasteiger partial charge in [0, 0.05) is 24.2 Å². The lowest BCUT2D eigenvalue weighted by Gasteiger charge is -2.09. The fraction of sp³-hybridized carbons (Fsp3) is 0.533. The van der Waals surface area contributed by atoms with E-state index in [1.807, 2.05) is 0 Å². The first-order valence-electron chi connectivity index (χ1n) is 6.98. The molecule has 20 heavy (non-hydrogen) atoms. The number of carbonyl (C=O) groups excluding carboxylic acids is 1. The predicted octanol–water partition coefficient (Wildman–Crippen LogP) is 2.94. The lowest BCUT2D eigenvalue weighted by atomic mass is 10.2. The van der Waals surface area contributed by atoms with Crippen LogP contribution in [0.4, 0.5) is 10.1 Å². The molecule has 112 valence electrons. The molecule has 1 aromatic carbocycles. The van der Waals surface area contributed by atoms with Crippen LogP contribution in [0, 0.1) is 5.82 Å². The fourth-order valence-electron chi connectivity index (χ4n) is 1.71. The largest absolute Gasteiger partial charge is 0.491 e. The van der Waals surface area contributed by atoms with Crippen LogP contribution in [-0.4, -0.2) is 25.1 Å². The lowest BCUT2D eigenvalue weighted by molar-refractivity contribution is -0.116. The number of rotatable bonds is 8. The molecule has 0 saturated carbocycles. The topological polar surface area (TPSA) is 50.4 Å². The van der Waals surface area contributed by atoms with E-state index in [1.54, 1.807) is 13.0 Å². The van der Waals surface area contributed by atoms with Crippen LogP contribution in [0.25, 0.3) is 0 Å². The molecule has 0 heterocycles. The highest BCUT2D eigenvalue weighted by Crippen LogP contribution is 2.21. The molecule has 1 amide bonds. The van der Waals surface area contributed by atoms with Crippen molar-refractivity contribution in [2.24, 2.45) is 0 Å². The Balaban J connectivity index is 2.40. The van der Waals surface area contributed by atoms with E-state index in [-0.39, 0.29) is 11.7 Å². The highest BCUT2D eigenvalue weighted by Gasteiger charge is 2.07. The molecular formula is C15H23FN2O2. The Kier molecular flexibility index (Phi) is 7.01. The van der Waals surface area contributed by atoms with Crippen molar-refractivity contribution in [3.8, 4) is 5.75 Å². The van der Waals surface area contributed by atoms with Crippen LogP contribution in [0.1, 0.15) is 33.6 Å². The first-order chi connectivity index (χ1) is 9.52. The van der Waals surface area contributed by atoms with Gasteiger partial charge in [-0.3, -0.25) is 4.79 Å². The molecule has 0 radical (unpaired) electrons. The Bertz CT molecular complexity index is 436. The average Bonchev–Trinajstić information content (AvgIpc) is 2.38. The summed E-state index contributed by atoms with van der Waals surface area (Å²) < 4.78 is 18.7. The Morgan fingerprint density at radius 3 is 2.75 bits per heavy atom. The van der Waals surface area contributed by atoms with Gasteiger partial charge in [-0.25, -0.2) is 4.39 Å². The Hall–Kier alpha value is -1.62. The maximum Gasteiger partial charge on any atom is 0.224 e. The molecule has 0 unspecified atom stereocenters. The molecule has 4 nitrogen and oxygen atoms in total. The Morgan fingerprint density at radius 1 is 1.40 bits per heavy atom. The molecule has 0 bridgehead atoms. The van der Waals surface area contributed by atoms with Crippen molar-refractivity contribution in [1.29, 1.82) is 0 Å². The van der Waals surface area contributed by atoms with Gasteiger partial charge in [-0.05, 0) is 32.0 Å². The number of halogens is 1. The zero-order valence-electron chi connectivity index (χ0n) is 12.3. The van der Waals surface area contributed by atoms with Crippen LogP contribution in [0.5, 0.6) is 5.75 Å². The Labute approximate surface area is 119 Å². The monoisotopic (exact) mass is 282 g/mol. The second kappa shape index (κ2) is 8.53. The number of carbonyl (C=O) groups is 1. The summed E-state index contributed by atoms with van der Waals surface area (Å²) in [5, 5.41) is 5.92. The van der Waals surface area contributed by atoms with E-state index in [0.717, 1.165) is 13.0 Å². The van der Waals surface area contributed by atoms with Crippen LogP contribution in [0.15, 0.2) is 18.2 Å². The van der Waals surface area contributed by atoms with Crippen molar-refractivity contribution < 1.29 is 13.9 Å². The standard InChI is InChI=1S/C15H23FN2O2/c1-4-20-14-8-7-12(10-13(14)16)18-15(19)6-5-9-17-11(2)3/h7-8,10-11,17H,4-6,9H2,1-3H3,(H,18,19). The van der Waals surface area contributed by atoms with Gasteiger partial charge in [-0.2, -0.15) is 0 Å². The van der Waals surface area contributed by atoms with Crippen molar-refractivity contribution in [2.45, 2.75) is 39.7 Å². The molecule has 0 aliphatic carbocycles. The number of amides is 1. The SMILES string of the molecule is CCOc1ccc(NC(=O)CCCNC(C)C)cc1F. The van der Waals surface area contributed by atoms with Crippen LogP contribution in [0.3, 0.4) is 0 Å². The number of benzene rings is 1. The third-order valence-corrected chi connectivity index (χ3v) is 2.65. The highest BCUT2D eigenvalue weighted by atomic mass is 19.1. The van der Waals surface area contributed by atoms with E-state index in [4.69, 9.17) is 4.74 Å². The molecule has 2 N–H and O–H groups in total. The number of hydrogen-bond donors (Lipinski definition) is 2. The number of nitrogens with one attached hydrogen (secondary N) is 2. The molecule has 0 saturated heterocycles. The summed E-state index contributed by atoms with van der Waals surface area (Å²) in [6.07, 6.45) is 1.16. The quantitative estimate of drug-likeness (QED) is 0.721. The zero-order chi connectivity index (χ0) is 15.0. The van der Waals surface area contributed by atoms with Crippen molar-refractivity contribution >= 4 is 11.6 Å². The maximum absolute atomic E-state index is 13.6. The average molecular weight is 282 g/mol. The molecule has 0 aliphatic heterocycles. The van der Waals surface area contributed by atoms with Gasteiger partial charge in [0.2, 0.25) is 5.91 Å². The smallest absolute Gasteiger partial charge is 0.224 e. The normalized spacial score (nSPS) is 10.7. The molecule has 1 rings (SSSR count). The number of anilines is 1. The van der Waals surface area contributed by atoms with Crippen LogP contribution < -0.4 is 15.4 Å². The van der Waals surface area contributed by atoms with Gasteiger partial charge < -0.3 is 15.4 Å². The summed E-state index contributed by atoms with van der Waals surface area (Å²) in [4.78, 5) is 11.7. The van der Waals surface area contributed by atoms with E-state index >= 15 is 0 Å². The second-order valence-electron chi connectivity index (χ2n) is 4.84. The maximum atomic E-state index is 13.6. The minimum absolute atomic E-state index is 0.112. The van der Waals surface area contributed by atoms with Gasteiger partial charge in [0.1, 0.15) is 0 Å². The molecule has 0 aromatic heterocycles. The molecule has 5 heteroatoms. The minimum atomic E-state index is -0.467. The predicted molar refractivity (Wildman–Crippen MR) is 78.6 cm³/mol. The first-order valence-corrected chi connectivity index (χ1v) is 6.98. The van der Waals surface area contributed by atoms with E-state index in [9.17, 15) is 9.18 Å². The van der Waals surface area contributed by atoms with E-state index < -0.39 is 5.82 Å². The summed E-state index contributed by atoms with van der Waals surface area (Å²) in [5.41, 5.74) is 0.452. The molecular weight excluding hydrogens is 259 g/mol. The highest BCUT2D eigenvalue weighted by molar-refractivity contribution is 5.90. The molecule has 0 fully saturated rings. The van der Waals surface area contributed by atoms with Gasteiger partial charge >= 0.3 is 0 Å².